The van der Waals surface area contributed by atoms with Gasteiger partial charge in [0.25, 0.3) is 0 Å². The van der Waals surface area contributed by atoms with Gasteiger partial charge in [0.05, 0.1) is 5.69 Å². The Morgan fingerprint density at radius 2 is 2.00 bits per heavy atom. The number of fused-ring (bicyclic) bond motifs is 1. The zero-order valence-corrected chi connectivity index (χ0v) is 7.99. The highest BCUT2D eigenvalue weighted by Gasteiger charge is 2.14. The van der Waals surface area contributed by atoms with Gasteiger partial charge in [0.15, 0.2) is 0 Å². The minimum atomic E-state index is 0.959. The fraction of sp³-hybridized carbons (Fsp3) is 0.273. The molecule has 0 aromatic heterocycles. The topological polar surface area (TPSA) is 17.3 Å². The molecule has 0 fully saturated rings. The Labute approximate surface area is 78.9 Å². The van der Waals surface area contributed by atoms with Crippen molar-refractivity contribution in [1.82, 2.24) is 10.2 Å². The van der Waals surface area contributed by atoms with Gasteiger partial charge in [-0.05, 0) is 25.7 Å². The summed E-state index contributed by atoms with van der Waals surface area (Å²) in [6.07, 6.45) is 1.96. The van der Waals surface area contributed by atoms with E-state index in [0.29, 0.717) is 0 Å². The lowest BCUT2D eigenvalue weighted by atomic mass is 10.1. The first-order valence-electron chi connectivity index (χ1n) is 4.41. The van der Waals surface area contributed by atoms with Crippen LogP contribution in [0.25, 0.3) is 5.57 Å². The van der Waals surface area contributed by atoms with Gasteiger partial charge >= 0.3 is 0 Å². The highest BCUT2D eigenvalue weighted by molar-refractivity contribution is 5.79. The van der Waals surface area contributed by atoms with Crippen molar-refractivity contribution in [2.24, 2.45) is 0 Å². The predicted molar refractivity (Wildman–Crippen MR) is 54.8 cm³/mol. The maximum Gasteiger partial charge on any atom is 0.0705 e. The third-order valence-electron chi connectivity index (χ3n) is 2.10. The fourth-order valence-corrected chi connectivity index (χ4v) is 1.54. The summed E-state index contributed by atoms with van der Waals surface area (Å²) in [5.41, 5.74) is 3.68. The van der Waals surface area contributed by atoms with Gasteiger partial charge in [-0.25, -0.2) is 0 Å². The largest absolute Gasteiger partial charge is 0.305 e. The first-order valence-corrected chi connectivity index (χ1v) is 4.41. The van der Waals surface area contributed by atoms with Crippen LogP contribution in [0.1, 0.15) is 5.56 Å². The molecule has 13 heavy (non-hydrogen) atoms. The van der Waals surface area contributed by atoms with Crippen LogP contribution in [0.2, 0.25) is 0 Å². The van der Waals surface area contributed by atoms with E-state index in [0.717, 1.165) is 12.2 Å². The van der Waals surface area contributed by atoms with Crippen molar-refractivity contribution in [2.45, 2.75) is 0 Å². The van der Waals surface area contributed by atoms with Gasteiger partial charge in [-0.3, -0.25) is 5.32 Å². The van der Waals surface area contributed by atoms with E-state index in [4.69, 9.17) is 0 Å². The van der Waals surface area contributed by atoms with Crippen molar-refractivity contribution < 1.29 is 0 Å². The molecule has 1 aliphatic rings. The predicted octanol–water partition coefficient (Wildman–Crippen LogP) is 1.84. The van der Waals surface area contributed by atoms with Crippen LogP contribution in [-0.2, 0) is 0 Å². The first-order chi connectivity index (χ1) is 6.27. The van der Waals surface area contributed by atoms with Crippen LogP contribution in [-0.4, -0.2) is 25.5 Å². The molecule has 0 spiro atoms. The third-order valence-corrected chi connectivity index (χ3v) is 2.10. The number of para-hydroxylation sites is 1. The van der Waals surface area contributed by atoms with E-state index in [9.17, 15) is 0 Å². The SMILES string of the molecule is CN(C)CC1=C[N]c2ccccc21. The average Bonchev–Trinajstić information content (AvgIpc) is 2.48. The Kier molecular flexibility index (Phi) is 2.07. The van der Waals surface area contributed by atoms with Gasteiger partial charge < -0.3 is 4.90 Å². The monoisotopic (exact) mass is 173 g/mol. The Morgan fingerprint density at radius 1 is 1.23 bits per heavy atom. The number of hydrogen-bond acceptors (Lipinski definition) is 1. The van der Waals surface area contributed by atoms with Gasteiger partial charge in [0.1, 0.15) is 0 Å². The summed E-state index contributed by atoms with van der Waals surface area (Å²) in [4.78, 5) is 2.16. The van der Waals surface area contributed by atoms with Crippen molar-refractivity contribution in [3.05, 3.63) is 36.0 Å². The zero-order valence-electron chi connectivity index (χ0n) is 7.99. The second kappa shape index (κ2) is 3.23. The summed E-state index contributed by atoms with van der Waals surface area (Å²) in [7, 11) is 4.14. The molecule has 0 N–H and O–H groups in total. The summed E-state index contributed by atoms with van der Waals surface area (Å²) in [6.45, 7) is 0.959. The number of hydrogen-bond donors (Lipinski definition) is 0. The van der Waals surface area contributed by atoms with Gasteiger partial charge in [-0.1, -0.05) is 18.2 Å². The second-order valence-electron chi connectivity index (χ2n) is 3.54. The maximum atomic E-state index is 4.35. The molecule has 67 valence electrons. The summed E-state index contributed by atoms with van der Waals surface area (Å²) < 4.78 is 0. The van der Waals surface area contributed by atoms with E-state index in [1.807, 2.05) is 12.3 Å². The lowest BCUT2D eigenvalue weighted by Gasteiger charge is -2.10. The van der Waals surface area contributed by atoms with Gasteiger partial charge in [0, 0.05) is 18.3 Å². The molecular weight excluding hydrogens is 160 g/mol. The number of rotatable bonds is 2. The lowest BCUT2D eigenvalue weighted by Crippen LogP contribution is -2.13. The molecular formula is C11H13N2. The van der Waals surface area contributed by atoms with E-state index in [1.165, 1.54) is 11.1 Å². The van der Waals surface area contributed by atoms with E-state index in [1.54, 1.807) is 0 Å². The molecule has 2 rings (SSSR count). The molecule has 0 unspecified atom stereocenters. The van der Waals surface area contributed by atoms with Crippen LogP contribution in [0.4, 0.5) is 5.69 Å². The van der Waals surface area contributed by atoms with Crippen LogP contribution in [0.5, 0.6) is 0 Å². The highest BCUT2D eigenvalue weighted by atomic mass is 15.1. The van der Waals surface area contributed by atoms with Crippen LogP contribution in [0, 0.1) is 0 Å². The Hall–Kier alpha value is -1.28. The number of benzene rings is 1. The van der Waals surface area contributed by atoms with Crippen molar-refractivity contribution >= 4 is 11.3 Å². The molecule has 0 saturated heterocycles. The number of nitrogens with zero attached hydrogens (tertiary/aromatic N) is 2. The van der Waals surface area contributed by atoms with Gasteiger partial charge in [0.2, 0.25) is 0 Å². The smallest absolute Gasteiger partial charge is 0.0705 e. The van der Waals surface area contributed by atoms with E-state index < -0.39 is 0 Å². The standard InChI is InChI=1S/C11H13N2/c1-13(2)8-9-7-12-11-6-4-3-5-10(9)11/h3-7H,8H2,1-2H3. The average molecular weight is 173 g/mol. The van der Waals surface area contributed by atoms with E-state index in [2.05, 4.69) is 42.5 Å². The molecule has 1 aromatic rings. The minimum absolute atomic E-state index is 0.959. The summed E-state index contributed by atoms with van der Waals surface area (Å²) in [6, 6.07) is 8.26. The molecule has 0 aliphatic carbocycles. The second-order valence-corrected chi connectivity index (χ2v) is 3.54. The van der Waals surface area contributed by atoms with E-state index >= 15 is 0 Å². The molecule has 1 aliphatic heterocycles. The molecule has 0 amide bonds. The molecule has 1 radical (unpaired) electrons. The van der Waals surface area contributed by atoms with Crippen LogP contribution in [0.15, 0.2) is 30.5 Å². The molecule has 2 heteroatoms. The molecule has 0 bridgehead atoms. The van der Waals surface area contributed by atoms with E-state index in [-0.39, 0.29) is 0 Å². The molecule has 1 aromatic carbocycles. The molecule has 1 heterocycles. The van der Waals surface area contributed by atoms with Crippen LogP contribution >= 0.6 is 0 Å². The highest BCUT2D eigenvalue weighted by Crippen LogP contribution is 2.29. The summed E-state index contributed by atoms with van der Waals surface area (Å²) in [5, 5.41) is 4.35. The Balaban J connectivity index is 2.26. The quantitative estimate of drug-likeness (QED) is 0.667. The Morgan fingerprint density at radius 3 is 2.77 bits per heavy atom. The van der Waals surface area contributed by atoms with Crippen LogP contribution < -0.4 is 5.32 Å². The lowest BCUT2D eigenvalue weighted by molar-refractivity contribution is 0.463. The minimum Gasteiger partial charge on any atom is -0.305 e. The summed E-state index contributed by atoms with van der Waals surface area (Å²) >= 11 is 0. The van der Waals surface area contributed by atoms with Crippen molar-refractivity contribution in [1.29, 1.82) is 0 Å². The first kappa shape index (κ1) is 8.32. The molecule has 0 saturated carbocycles. The summed E-state index contributed by atoms with van der Waals surface area (Å²) in [5.74, 6) is 0. The maximum absolute atomic E-state index is 4.35. The van der Waals surface area contributed by atoms with Crippen LogP contribution in [0.3, 0.4) is 0 Å². The van der Waals surface area contributed by atoms with Crippen molar-refractivity contribution in [3.63, 3.8) is 0 Å². The number of likely N-dealkylation sites (N-methyl/N-ethyl adjacent to an activating group) is 1. The van der Waals surface area contributed by atoms with Crippen molar-refractivity contribution in [3.8, 4) is 0 Å². The van der Waals surface area contributed by atoms with Gasteiger partial charge in [-0.2, -0.15) is 0 Å². The van der Waals surface area contributed by atoms with Crippen molar-refractivity contribution in [2.75, 3.05) is 20.6 Å². The molecule has 2 nitrogen and oxygen atoms in total. The fourth-order valence-electron chi connectivity index (χ4n) is 1.54. The molecule has 0 atom stereocenters. The zero-order chi connectivity index (χ0) is 9.26. The third kappa shape index (κ3) is 1.58. The normalized spacial score (nSPS) is 13.9. The Bertz CT molecular complexity index is 340. The van der Waals surface area contributed by atoms with Gasteiger partial charge in [-0.15, -0.1) is 0 Å².